The zero-order valence-electron chi connectivity index (χ0n) is 23.2. The first kappa shape index (κ1) is 30.2. The van der Waals surface area contributed by atoms with E-state index in [0.717, 1.165) is 32.1 Å². The van der Waals surface area contributed by atoms with Gasteiger partial charge in [-0.2, -0.15) is 9.28 Å². The summed E-state index contributed by atoms with van der Waals surface area (Å²) in [4.78, 5) is 55.6. The van der Waals surface area contributed by atoms with E-state index in [9.17, 15) is 24.3 Å². The minimum absolute atomic E-state index is 0.453. The number of aliphatic carboxylic acids is 1. The van der Waals surface area contributed by atoms with Gasteiger partial charge in [0.05, 0.1) is 6.04 Å². The second-order valence-electron chi connectivity index (χ2n) is 12.6. The molecule has 9 nitrogen and oxygen atoms in total. The summed E-state index contributed by atoms with van der Waals surface area (Å²) in [5, 5.41) is 11.0. The third-order valence-corrected chi connectivity index (χ3v) is 7.41. The van der Waals surface area contributed by atoms with Crippen LogP contribution in [0.5, 0.6) is 0 Å². The van der Waals surface area contributed by atoms with Crippen molar-refractivity contribution in [3.05, 3.63) is 0 Å². The molecule has 0 bridgehead atoms. The molecule has 206 valence electrons. The predicted molar refractivity (Wildman–Crippen MR) is 135 cm³/mol. The lowest BCUT2D eigenvalue weighted by Gasteiger charge is -2.53. The Labute approximate surface area is 215 Å². The van der Waals surface area contributed by atoms with Crippen LogP contribution in [0.15, 0.2) is 0 Å². The molecular weight excluding hydrogens is 464 g/mol. The molecule has 0 radical (unpaired) electrons. The molecule has 3 N–H and O–H groups in total. The van der Waals surface area contributed by atoms with Crippen LogP contribution in [0.1, 0.15) is 106 Å². The number of ketones is 1. The van der Waals surface area contributed by atoms with Crippen LogP contribution in [-0.2, 0) is 23.9 Å². The number of carboxylic acids is 1. The summed E-state index contributed by atoms with van der Waals surface area (Å²) < 4.78 is 10.6. The Hall–Kier alpha value is -2.00. The Morgan fingerprint density at radius 3 is 1.75 bits per heavy atom. The molecule has 0 aromatic rings. The second kappa shape index (κ2) is 11.2. The minimum atomic E-state index is -2.26. The van der Waals surface area contributed by atoms with E-state index in [4.69, 9.17) is 15.2 Å². The van der Waals surface area contributed by atoms with Crippen LogP contribution in [0.4, 0.5) is 4.79 Å². The Morgan fingerprint density at radius 1 is 0.861 bits per heavy atom. The average Bonchev–Trinajstić information content (AvgIpc) is 3.26. The molecular formula is C27H47N2O7+. The third-order valence-electron chi connectivity index (χ3n) is 7.41. The van der Waals surface area contributed by atoms with E-state index in [1.54, 1.807) is 41.5 Å². The largest absolute Gasteiger partial charge is 0.518 e. The Morgan fingerprint density at radius 2 is 1.33 bits per heavy atom. The Balaban J connectivity index is 2.95. The number of nitrogens with two attached hydrogens (primary N) is 1. The van der Waals surface area contributed by atoms with Crippen molar-refractivity contribution in [2.45, 2.75) is 135 Å². The van der Waals surface area contributed by atoms with Gasteiger partial charge in [-0.15, -0.1) is 0 Å². The molecule has 36 heavy (non-hydrogen) atoms. The molecule has 2 fully saturated rings. The topological polar surface area (TPSA) is 133 Å². The highest BCUT2D eigenvalue weighted by Gasteiger charge is 2.74. The van der Waals surface area contributed by atoms with Gasteiger partial charge in [-0.25, -0.2) is 9.59 Å². The zero-order chi connectivity index (χ0) is 27.5. The average molecular weight is 512 g/mol. The van der Waals surface area contributed by atoms with Crippen LogP contribution in [0.2, 0.25) is 0 Å². The van der Waals surface area contributed by atoms with Gasteiger partial charge in [0.2, 0.25) is 5.78 Å². The van der Waals surface area contributed by atoms with E-state index in [1.807, 2.05) is 0 Å². The number of esters is 1. The van der Waals surface area contributed by atoms with Crippen LogP contribution in [0, 0.1) is 5.92 Å². The fourth-order valence-corrected chi connectivity index (χ4v) is 6.21. The van der Waals surface area contributed by atoms with Crippen LogP contribution in [0.3, 0.4) is 0 Å². The molecule has 3 atom stereocenters. The fourth-order valence-electron chi connectivity index (χ4n) is 6.21. The summed E-state index contributed by atoms with van der Waals surface area (Å²) >= 11 is 0. The number of quaternary nitrogens is 1. The summed E-state index contributed by atoms with van der Waals surface area (Å²) in [6, 6.07) is -1.74. The number of hydrogen-bond donors (Lipinski definition) is 2. The van der Waals surface area contributed by atoms with Gasteiger partial charge in [0, 0.05) is 18.8 Å². The molecule has 2 aliphatic rings. The second-order valence-corrected chi connectivity index (χ2v) is 12.6. The van der Waals surface area contributed by atoms with Gasteiger partial charge in [0.25, 0.3) is 5.54 Å². The first-order valence-corrected chi connectivity index (χ1v) is 13.4. The number of Topliss-reactive ketones (excluding diaryl/α,β-unsaturated/α-hetero) is 1. The fraction of sp³-hybridized carbons (Fsp3) is 0.852. The van der Waals surface area contributed by atoms with Gasteiger partial charge >= 0.3 is 18.0 Å². The van der Waals surface area contributed by atoms with E-state index in [1.165, 1.54) is 6.92 Å². The maximum atomic E-state index is 14.4. The summed E-state index contributed by atoms with van der Waals surface area (Å²) in [7, 11) is 0. The number of ether oxygens (including phenoxy) is 2. The molecule has 0 spiro atoms. The lowest BCUT2D eigenvalue weighted by Crippen LogP contribution is -2.82. The molecule has 0 aromatic carbocycles. The minimum Gasteiger partial charge on any atom is -0.476 e. The smallest absolute Gasteiger partial charge is 0.476 e. The highest BCUT2D eigenvalue weighted by molar-refractivity contribution is 6.10. The van der Waals surface area contributed by atoms with E-state index < -0.39 is 69.6 Å². The molecule has 9 heteroatoms. The number of carbonyl (C=O) groups is 4. The molecule has 2 saturated carbocycles. The van der Waals surface area contributed by atoms with Crippen LogP contribution in [-0.4, -0.2) is 68.8 Å². The maximum absolute atomic E-state index is 14.4. The lowest BCUT2D eigenvalue weighted by molar-refractivity contribution is -0.912. The number of carbonyl (C=O) groups excluding carboxylic acids is 3. The van der Waals surface area contributed by atoms with Crippen molar-refractivity contribution >= 4 is 23.8 Å². The van der Waals surface area contributed by atoms with E-state index in [-0.39, 0.29) is 0 Å². The lowest BCUT2D eigenvalue weighted by atomic mass is 9.67. The monoisotopic (exact) mass is 511 g/mol. The molecule has 1 amide bonds. The van der Waals surface area contributed by atoms with E-state index >= 15 is 0 Å². The van der Waals surface area contributed by atoms with Gasteiger partial charge in [-0.05, 0) is 74.1 Å². The molecule has 0 aliphatic heterocycles. The van der Waals surface area contributed by atoms with Gasteiger partial charge in [-0.3, -0.25) is 4.79 Å². The van der Waals surface area contributed by atoms with Crippen molar-refractivity contribution in [1.82, 2.24) is 0 Å². The molecule has 0 aromatic heterocycles. The molecule has 0 heterocycles. The third kappa shape index (κ3) is 6.10. The van der Waals surface area contributed by atoms with Crippen molar-refractivity contribution in [2.75, 3.05) is 6.54 Å². The zero-order valence-corrected chi connectivity index (χ0v) is 23.2. The number of carboxylic acid groups (broad SMARTS) is 1. The van der Waals surface area contributed by atoms with Crippen LogP contribution < -0.4 is 5.73 Å². The van der Waals surface area contributed by atoms with Gasteiger partial charge in [0.15, 0.2) is 6.54 Å². The molecule has 2 rings (SSSR count). The maximum Gasteiger partial charge on any atom is 0.518 e. The van der Waals surface area contributed by atoms with Gasteiger partial charge < -0.3 is 20.3 Å². The SMILES string of the molecule is C[C@H](N)C(=O)[C@](C(=O)O)(C1CCCCC1)[N+](CC(=O)OC(C)(C)C)(C(=O)OC(C)(C)C)C1CCCC1. The summed E-state index contributed by atoms with van der Waals surface area (Å²) in [6.07, 6.45) is 4.93. The van der Waals surface area contributed by atoms with Crippen molar-refractivity contribution in [3.63, 3.8) is 0 Å². The Kier molecular flexibility index (Phi) is 9.38. The van der Waals surface area contributed by atoms with Crippen molar-refractivity contribution in [3.8, 4) is 0 Å². The quantitative estimate of drug-likeness (QED) is 0.279. The van der Waals surface area contributed by atoms with E-state index in [2.05, 4.69) is 0 Å². The highest BCUT2D eigenvalue weighted by atomic mass is 16.6. The molecule has 2 aliphatic carbocycles. The number of nitrogens with zero attached hydrogens (tertiary/aromatic N) is 1. The van der Waals surface area contributed by atoms with Crippen molar-refractivity contribution in [1.29, 1.82) is 0 Å². The molecule has 0 saturated heterocycles. The standard InChI is InChI=1S/C27H46N2O7/c1-18(28)22(31)27(23(32)33,19-13-9-8-10-14-19)29(20-15-11-12-16-20,24(34)36-26(5,6)7)17-21(30)35-25(2,3)4/h18-20H,8-17,28H2,1-7H3/p+1/t18-,27-,29?/m0/s1. The number of amides is 1. The van der Waals surface area contributed by atoms with Crippen molar-refractivity contribution in [2.24, 2.45) is 11.7 Å². The van der Waals surface area contributed by atoms with Gasteiger partial charge in [-0.1, -0.05) is 19.3 Å². The van der Waals surface area contributed by atoms with Crippen LogP contribution in [0.25, 0.3) is 0 Å². The van der Waals surface area contributed by atoms with E-state index in [0.29, 0.717) is 25.7 Å². The van der Waals surface area contributed by atoms with Crippen LogP contribution >= 0.6 is 0 Å². The van der Waals surface area contributed by atoms with Gasteiger partial charge in [0.1, 0.15) is 17.2 Å². The number of rotatable bonds is 8. The first-order chi connectivity index (χ1) is 16.5. The Bertz CT molecular complexity index is 830. The first-order valence-electron chi connectivity index (χ1n) is 13.4. The highest BCUT2D eigenvalue weighted by Crippen LogP contribution is 2.48. The normalized spacial score (nSPS) is 22.2. The predicted octanol–water partition coefficient (Wildman–Crippen LogP) is 4.34. The molecule has 1 unspecified atom stereocenters. The number of hydrogen-bond acceptors (Lipinski definition) is 7. The summed E-state index contributed by atoms with van der Waals surface area (Å²) in [6.45, 7) is 11.1. The van der Waals surface area contributed by atoms with Crippen molar-refractivity contribution < 1.29 is 38.2 Å². The summed E-state index contributed by atoms with van der Waals surface area (Å²) in [5.41, 5.74) is 2.04. The summed E-state index contributed by atoms with van der Waals surface area (Å²) in [5.74, 6) is -3.56.